The Labute approximate surface area is 76.0 Å². The second kappa shape index (κ2) is 5.59. The molecule has 0 amide bonds. The van der Waals surface area contributed by atoms with E-state index in [1.807, 2.05) is 12.2 Å². The van der Waals surface area contributed by atoms with Crippen LogP contribution in [-0.4, -0.2) is 0 Å². The molecule has 0 fully saturated rings. The molecular formula is C12H18. The molecular weight excluding hydrogens is 144 g/mol. The highest BCUT2D eigenvalue weighted by atomic mass is 14.1. The Balaban J connectivity index is 4.77. The van der Waals surface area contributed by atoms with E-state index in [4.69, 9.17) is 0 Å². The standard InChI is InChI=1S/C12H18/c1-6-8-9-12(10(3)4)11(5)7-2/h6-10H,1-2H2,3-5H3/b9-8-,12-11+. The maximum atomic E-state index is 3.75. The van der Waals surface area contributed by atoms with E-state index in [1.54, 1.807) is 6.08 Å². The van der Waals surface area contributed by atoms with Gasteiger partial charge >= 0.3 is 0 Å². The molecule has 0 aliphatic carbocycles. The Morgan fingerprint density at radius 1 is 1.25 bits per heavy atom. The first kappa shape index (κ1) is 11.0. The lowest BCUT2D eigenvalue weighted by atomic mass is 9.97. The lowest BCUT2D eigenvalue weighted by Gasteiger charge is -2.08. The van der Waals surface area contributed by atoms with Gasteiger partial charge in [-0.25, -0.2) is 0 Å². The quantitative estimate of drug-likeness (QED) is 0.550. The van der Waals surface area contributed by atoms with Crippen molar-refractivity contribution in [3.05, 3.63) is 48.6 Å². The second-order valence-electron chi connectivity index (χ2n) is 3.09. The number of allylic oxidation sites excluding steroid dienone is 6. The van der Waals surface area contributed by atoms with Crippen molar-refractivity contribution in [2.24, 2.45) is 5.92 Å². The van der Waals surface area contributed by atoms with E-state index in [0.717, 1.165) is 0 Å². The van der Waals surface area contributed by atoms with Crippen LogP contribution in [-0.2, 0) is 0 Å². The summed E-state index contributed by atoms with van der Waals surface area (Å²) < 4.78 is 0. The second-order valence-corrected chi connectivity index (χ2v) is 3.09. The van der Waals surface area contributed by atoms with Crippen molar-refractivity contribution < 1.29 is 0 Å². The summed E-state index contributed by atoms with van der Waals surface area (Å²) in [5.41, 5.74) is 2.56. The fraction of sp³-hybridized carbons (Fsp3) is 0.333. The number of hydrogen-bond acceptors (Lipinski definition) is 0. The molecule has 0 aromatic heterocycles. The van der Waals surface area contributed by atoms with Gasteiger partial charge in [-0.3, -0.25) is 0 Å². The predicted molar refractivity (Wildman–Crippen MR) is 57.1 cm³/mol. The fourth-order valence-electron chi connectivity index (χ4n) is 1.07. The van der Waals surface area contributed by atoms with Crippen molar-refractivity contribution in [1.82, 2.24) is 0 Å². The van der Waals surface area contributed by atoms with Gasteiger partial charge in [0.1, 0.15) is 0 Å². The van der Waals surface area contributed by atoms with Gasteiger partial charge in [0.15, 0.2) is 0 Å². The minimum atomic E-state index is 0.541. The third kappa shape index (κ3) is 3.38. The predicted octanol–water partition coefficient (Wildman–Crippen LogP) is 3.89. The minimum absolute atomic E-state index is 0.541. The molecule has 66 valence electrons. The van der Waals surface area contributed by atoms with Gasteiger partial charge in [-0.05, 0) is 24.0 Å². The van der Waals surface area contributed by atoms with Gasteiger partial charge in [0.05, 0.1) is 0 Å². The largest absolute Gasteiger partial charge is 0.0991 e. The monoisotopic (exact) mass is 162 g/mol. The van der Waals surface area contributed by atoms with Crippen molar-refractivity contribution in [3.63, 3.8) is 0 Å². The van der Waals surface area contributed by atoms with Crippen LogP contribution in [0.15, 0.2) is 48.6 Å². The highest BCUT2D eigenvalue weighted by molar-refractivity contribution is 5.33. The Morgan fingerprint density at radius 2 is 1.83 bits per heavy atom. The average molecular weight is 162 g/mol. The summed E-state index contributed by atoms with van der Waals surface area (Å²) in [6.07, 6.45) is 7.73. The lowest BCUT2D eigenvalue weighted by molar-refractivity contribution is 0.783. The van der Waals surface area contributed by atoms with E-state index < -0.39 is 0 Å². The summed E-state index contributed by atoms with van der Waals surface area (Å²) in [6.45, 7) is 13.8. The Morgan fingerprint density at radius 3 is 2.17 bits per heavy atom. The molecule has 0 aliphatic rings. The molecule has 0 aliphatic heterocycles. The van der Waals surface area contributed by atoms with Crippen molar-refractivity contribution in [2.75, 3.05) is 0 Å². The van der Waals surface area contributed by atoms with Gasteiger partial charge in [0.2, 0.25) is 0 Å². The molecule has 0 heteroatoms. The summed E-state index contributed by atoms with van der Waals surface area (Å²) in [7, 11) is 0. The maximum absolute atomic E-state index is 3.75. The van der Waals surface area contributed by atoms with Crippen LogP contribution in [0.3, 0.4) is 0 Å². The Hall–Kier alpha value is -1.04. The van der Waals surface area contributed by atoms with Gasteiger partial charge in [0, 0.05) is 0 Å². The van der Waals surface area contributed by atoms with Crippen LogP contribution in [0.4, 0.5) is 0 Å². The van der Waals surface area contributed by atoms with E-state index in [1.165, 1.54) is 11.1 Å². The molecule has 0 nitrogen and oxygen atoms in total. The summed E-state index contributed by atoms with van der Waals surface area (Å²) >= 11 is 0. The van der Waals surface area contributed by atoms with Crippen LogP contribution >= 0.6 is 0 Å². The molecule has 0 unspecified atom stereocenters. The normalized spacial score (nSPS) is 13.3. The van der Waals surface area contributed by atoms with Crippen molar-refractivity contribution in [2.45, 2.75) is 20.8 Å². The molecule has 0 saturated heterocycles. The molecule has 0 aromatic rings. The molecule has 0 radical (unpaired) electrons. The van der Waals surface area contributed by atoms with Crippen molar-refractivity contribution in [3.8, 4) is 0 Å². The van der Waals surface area contributed by atoms with Gasteiger partial charge in [-0.2, -0.15) is 0 Å². The zero-order valence-electron chi connectivity index (χ0n) is 8.30. The van der Waals surface area contributed by atoms with Gasteiger partial charge < -0.3 is 0 Å². The third-order valence-corrected chi connectivity index (χ3v) is 1.80. The van der Waals surface area contributed by atoms with Gasteiger partial charge in [0.25, 0.3) is 0 Å². The van der Waals surface area contributed by atoms with Crippen LogP contribution in [0.2, 0.25) is 0 Å². The minimum Gasteiger partial charge on any atom is -0.0991 e. The number of hydrogen-bond donors (Lipinski definition) is 0. The maximum Gasteiger partial charge on any atom is -0.0216 e. The van der Waals surface area contributed by atoms with Gasteiger partial charge in [-0.15, -0.1) is 0 Å². The molecule has 0 N–H and O–H groups in total. The summed E-state index contributed by atoms with van der Waals surface area (Å²) in [6, 6.07) is 0. The van der Waals surface area contributed by atoms with E-state index >= 15 is 0 Å². The SMILES string of the molecule is C=C/C=C\C(=C(\C)C=C)C(C)C. The summed E-state index contributed by atoms with van der Waals surface area (Å²) in [5.74, 6) is 0.541. The smallest absolute Gasteiger partial charge is 0.0216 e. The van der Waals surface area contributed by atoms with E-state index in [2.05, 4.69) is 40.0 Å². The lowest BCUT2D eigenvalue weighted by Crippen LogP contribution is -1.93. The van der Waals surface area contributed by atoms with Crippen LogP contribution < -0.4 is 0 Å². The van der Waals surface area contributed by atoms with Gasteiger partial charge in [-0.1, -0.05) is 51.3 Å². The third-order valence-electron chi connectivity index (χ3n) is 1.80. The topological polar surface area (TPSA) is 0 Å². The van der Waals surface area contributed by atoms with Crippen LogP contribution in [0.25, 0.3) is 0 Å². The summed E-state index contributed by atoms with van der Waals surface area (Å²) in [5, 5.41) is 0. The molecule has 0 rings (SSSR count). The van der Waals surface area contributed by atoms with Crippen molar-refractivity contribution in [1.29, 1.82) is 0 Å². The summed E-state index contributed by atoms with van der Waals surface area (Å²) in [4.78, 5) is 0. The van der Waals surface area contributed by atoms with E-state index in [0.29, 0.717) is 5.92 Å². The molecule has 0 spiro atoms. The Kier molecular flexibility index (Phi) is 5.11. The fourth-order valence-corrected chi connectivity index (χ4v) is 1.07. The number of rotatable bonds is 4. The zero-order chi connectivity index (χ0) is 9.56. The zero-order valence-corrected chi connectivity index (χ0v) is 8.30. The van der Waals surface area contributed by atoms with Crippen LogP contribution in [0.1, 0.15) is 20.8 Å². The molecule has 12 heavy (non-hydrogen) atoms. The highest BCUT2D eigenvalue weighted by Crippen LogP contribution is 2.16. The molecule has 0 heterocycles. The van der Waals surface area contributed by atoms with Crippen molar-refractivity contribution >= 4 is 0 Å². The first-order valence-corrected chi connectivity index (χ1v) is 4.25. The van der Waals surface area contributed by atoms with E-state index in [-0.39, 0.29) is 0 Å². The molecule has 0 atom stereocenters. The first-order valence-electron chi connectivity index (χ1n) is 4.25. The van der Waals surface area contributed by atoms with Crippen LogP contribution in [0.5, 0.6) is 0 Å². The highest BCUT2D eigenvalue weighted by Gasteiger charge is 2.00. The molecule has 0 bridgehead atoms. The molecule has 0 saturated carbocycles. The molecule has 0 aromatic carbocycles. The van der Waals surface area contributed by atoms with Crippen LogP contribution in [0, 0.1) is 5.92 Å². The van der Waals surface area contributed by atoms with E-state index in [9.17, 15) is 0 Å². The first-order chi connectivity index (χ1) is 5.63. The average Bonchev–Trinajstić information content (AvgIpc) is 2.04. The Bertz CT molecular complexity index is 214.